The third-order valence-corrected chi connectivity index (χ3v) is 2.46. The van der Waals surface area contributed by atoms with Crippen LogP contribution >= 0.6 is 11.6 Å². The second-order valence-corrected chi connectivity index (χ2v) is 3.42. The summed E-state index contributed by atoms with van der Waals surface area (Å²) in [6.07, 6.45) is 1.67. The molecule has 1 aromatic carbocycles. The monoisotopic (exact) mass is 220 g/mol. The molecular formula is C10H9ClN4. The summed E-state index contributed by atoms with van der Waals surface area (Å²) in [5, 5.41) is 4.92. The Morgan fingerprint density at radius 1 is 1.33 bits per heavy atom. The van der Waals surface area contributed by atoms with Crippen molar-refractivity contribution >= 4 is 28.3 Å². The largest absolute Gasteiger partial charge is 0.382 e. The molecule has 0 bridgehead atoms. The summed E-state index contributed by atoms with van der Waals surface area (Å²) >= 11 is 6.02. The summed E-state index contributed by atoms with van der Waals surface area (Å²) in [5.41, 5.74) is 7.05. The van der Waals surface area contributed by atoms with E-state index in [1.165, 1.54) is 0 Å². The molecule has 0 spiro atoms. The molecule has 2 rings (SSSR count). The minimum Gasteiger partial charge on any atom is -0.382 e. The number of nitrogens with two attached hydrogens (primary N) is 2. The van der Waals surface area contributed by atoms with Crippen LogP contribution in [0.4, 0.5) is 0 Å². The zero-order valence-electron chi connectivity index (χ0n) is 7.81. The molecule has 1 heterocycles. The first-order valence-electron chi connectivity index (χ1n) is 4.31. The number of nitrogens with zero attached hydrogens (tertiary/aromatic N) is 2. The molecule has 0 aliphatic carbocycles. The van der Waals surface area contributed by atoms with Crippen LogP contribution in [0.1, 0.15) is 5.56 Å². The van der Waals surface area contributed by atoms with E-state index in [0.29, 0.717) is 16.1 Å². The molecule has 0 amide bonds. The maximum Gasteiger partial charge on any atom is 0.152 e. The summed E-state index contributed by atoms with van der Waals surface area (Å²) in [4.78, 5) is 4.21. The predicted octanol–water partition coefficient (Wildman–Crippen LogP) is 1.47. The second-order valence-electron chi connectivity index (χ2n) is 3.01. The van der Waals surface area contributed by atoms with Crippen LogP contribution in [0.2, 0.25) is 5.02 Å². The Bertz CT molecular complexity index is 536. The molecule has 0 saturated carbocycles. The SMILES string of the molecule is N/N=C(/N)c1ccc(Cl)c2cccnc12. The van der Waals surface area contributed by atoms with E-state index in [0.717, 1.165) is 5.39 Å². The minimum absolute atomic E-state index is 0.246. The van der Waals surface area contributed by atoms with Gasteiger partial charge in [0.15, 0.2) is 5.84 Å². The number of amidine groups is 1. The lowest BCUT2D eigenvalue weighted by molar-refractivity contribution is 1.23. The van der Waals surface area contributed by atoms with Gasteiger partial charge in [-0.3, -0.25) is 4.98 Å². The van der Waals surface area contributed by atoms with Crippen molar-refractivity contribution in [2.45, 2.75) is 0 Å². The van der Waals surface area contributed by atoms with Crippen molar-refractivity contribution in [2.24, 2.45) is 16.7 Å². The van der Waals surface area contributed by atoms with E-state index in [9.17, 15) is 0 Å². The molecule has 0 saturated heterocycles. The van der Waals surface area contributed by atoms with E-state index in [1.54, 1.807) is 18.3 Å². The molecule has 0 radical (unpaired) electrons. The lowest BCUT2D eigenvalue weighted by Gasteiger charge is -2.05. The Balaban J connectivity index is 2.83. The number of fused-ring (bicyclic) bond motifs is 1. The molecule has 0 aliphatic rings. The van der Waals surface area contributed by atoms with Crippen LogP contribution in [0.15, 0.2) is 35.6 Å². The Morgan fingerprint density at radius 3 is 2.87 bits per heavy atom. The molecule has 1 aromatic heterocycles. The Labute approximate surface area is 91.5 Å². The normalized spacial score (nSPS) is 11.9. The van der Waals surface area contributed by atoms with E-state index in [2.05, 4.69) is 10.1 Å². The fourth-order valence-electron chi connectivity index (χ4n) is 1.41. The first kappa shape index (κ1) is 9.73. The number of halogens is 1. The maximum atomic E-state index is 6.02. The summed E-state index contributed by atoms with van der Waals surface area (Å²) in [5.74, 6) is 5.38. The van der Waals surface area contributed by atoms with Crippen molar-refractivity contribution in [1.82, 2.24) is 4.98 Å². The highest BCUT2D eigenvalue weighted by molar-refractivity contribution is 6.36. The first-order chi connectivity index (χ1) is 7.24. The average molecular weight is 221 g/mol. The molecular weight excluding hydrogens is 212 g/mol. The number of hydrazone groups is 1. The van der Waals surface area contributed by atoms with E-state index >= 15 is 0 Å². The van der Waals surface area contributed by atoms with Crippen molar-refractivity contribution < 1.29 is 0 Å². The van der Waals surface area contributed by atoms with Crippen LogP contribution in [0.25, 0.3) is 10.9 Å². The van der Waals surface area contributed by atoms with Gasteiger partial charge < -0.3 is 11.6 Å². The highest BCUT2D eigenvalue weighted by atomic mass is 35.5. The smallest absolute Gasteiger partial charge is 0.152 e. The lowest BCUT2D eigenvalue weighted by atomic mass is 10.1. The van der Waals surface area contributed by atoms with Gasteiger partial charge in [-0.2, -0.15) is 5.10 Å². The van der Waals surface area contributed by atoms with Gasteiger partial charge in [0.2, 0.25) is 0 Å². The summed E-state index contributed by atoms with van der Waals surface area (Å²) < 4.78 is 0. The van der Waals surface area contributed by atoms with Gasteiger partial charge in [-0.05, 0) is 24.3 Å². The van der Waals surface area contributed by atoms with E-state index in [1.807, 2.05) is 12.1 Å². The molecule has 0 fully saturated rings. The lowest BCUT2D eigenvalue weighted by Crippen LogP contribution is -2.16. The molecule has 2 aromatic rings. The summed E-state index contributed by atoms with van der Waals surface area (Å²) in [6, 6.07) is 7.19. The molecule has 4 N–H and O–H groups in total. The van der Waals surface area contributed by atoms with Gasteiger partial charge in [-0.25, -0.2) is 0 Å². The standard InChI is InChI=1S/C10H9ClN4/c11-8-4-3-7(10(12)15-13)9-6(8)2-1-5-14-9/h1-5H,13H2,(H2,12,15). The highest BCUT2D eigenvalue weighted by Gasteiger charge is 2.07. The van der Waals surface area contributed by atoms with Crippen molar-refractivity contribution in [3.63, 3.8) is 0 Å². The number of rotatable bonds is 1. The van der Waals surface area contributed by atoms with Crippen LogP contribution in [-0.2, 0) is 0 Å². The highest BCUT2D eigenvalue weighted by Crippen LogP contribution is 2.24. The summed E-state index contributed by atoms with van der Waals surface area (Å²) in [7, 11) is 0. The number of benzene rings is 1. The maximum absolute atomic E-state index is 6.02. The van der Waals surface area contributed by atoms with Crippen molar-refractivity contribution in [3.05, 3.63) is 41.0 Å². The number of pyridine rings is 1. The van der Waals surface area contributed by atoms with Crippen molar-refractivity contribution in [2.75, 3.05) is 0 Å². The summed E-state index contributed by atoms with van der Waals surface area (Å²) in [6.45, 7) is 0. The first-order valence-corrected chi connectivity index (χ1v) is 4.69. The predicted molar refractivity (Wildman–Crippen MR) is 61.7 cm³/mol. The van der Waals surface area contributed by atoms with Gasteiger partial charge in [0, 0.05) is 17.1 Å². The molecule has 5 heteroatoms. The van der Waals surface area contributed by atoms with Gasteiger partial charge in [-0.15, -0.1) is 0 Å². The average Bonchev–Trinajstić information content (AvgIpc) is 2.29. The Kier molecular flexibility index (Phi) is 2.43. The zero-order chi connectivity index (χ0) is 10.8. The van der Waals surface area contributed by atoms with E-state index in [4.69, 9.17) is 23.2 Å². The van der Waals surface area contributed by atoms with Crippen LogP contribution in [-0.4, -0.2) is 10.8 Å². The molecule has 76 valence electrons. The number of hydrogen-bond donors (Lipinski definition) is 2. The number of hydrogen-bond acceptors (Lipinski definition) is 3. The van der Waals surface area contributed by atoms with E-state index in [-0.39, 0.29) is 5.84 Å². The molecule has 0 unspecified atom stereocenters. The van der Waals surface area contributed by atoms with Crippen LogP contribution in [0.3, 0.4) is 0 Å². The molecule has 15 heavy (non-hydrogen) atoms. The van der Waals surface area contributed by atoms with Crippen LogP contribution in [0.5, 0.6) is 0 Å². The topological polar surface area (TPSA) is 77.3 Å². The fraction of sp³-hybridized carbons (Fsp3) is 0. The zero-order valence-corrected chi connectivity index (χ0v) is 8.57. The van der Waals surface area contributed by atoms with Crippen molar-refractivity contribution in [3.8, 4) is 0 Å². The van der Waals surface area contributed by atoms with Gasteiger partial charge in [0.1, 0.15) is 0 Å². The van der Waals surface area contributed by atoms with E-state index < -0.39 is 0 Å². The molecule has 0 aliphatic heterocycles. The van der Waals surface area contributed by atoms with Gasteiger partial charge in [0.25, 0.3) is 0 Å². The second kappa shape index (κ2) is 3.74. The van der Waals surface area contributed by atoms with Gasteiger partial charge in [-0.1, -0.05) is 11.6 Å². The number of aromatic nitrogens is 1. The third kappa shape index (κ3) is 1.59. The Morgan fingerprint density at radius 2 is 2.13 bits per heavy atom. The molecule has 4 nitrogen and oxygen atoms in total. The van der Waals surface area contributed by atoms with Crippen LogP contribution in [0, 0.1) is 0 Å². The van der Waals surface area contributed by atoms with Gasteiger partial charge >= 0.3 is 0 Å². The van der Waals surface area contributed by atoms with Crippen molar-refractivity contribution in [1.29, 1.82) is 0 Å². The van der Waals surface area contributed by atoms with Gasteiger partial charge in [0.05, 0.1) is 10.5 Å². The third-order valence-electron chi connectivity index (χ3n) is 2.13. The quantitative estimate of drug-likeness (QED) is 0.331. The molecule has 0 atom stereocenters. The Hall–Kier alpha value is -1.81. The van der Waals surface area contributed by atoms with Crippen LogP contribution < -0.4 is 11.6 Å². The minimum atomic E-state index is 0.246. The fourth-order valence-corrected chi connectivity index (χ4v) is 1.63.